The van der Waals surface area contributed by atoms with Crippen LogP contribution in [0.1, 0.15) is 20.3 Å². The number of rotatable bonds is 4. The van der Waals surface area contributed by atoms with Crippen LogP contribution in [0.15, 0.2) is 12.7 Å². The molecule has 54 valence electrons. The highest BCUT2D eigenvalue weighted by atomic mass is 15.1. The lowest BCUT2D eigenvalue weighted by Gasteiger charge is -2.21. The summed E-state index contributed by atoms with van der Waals surface area (Å²) in [5, 5.41) is 0. The van der Waals surface area contributed by atoms with Crippen molar-refractivity contribution in [1.29, 1.82) is 0 Å². The lowest BCUT2D eigenvalue weighted by molar-refractivity contribution is 0.291. The third kappa shape index (κ3) is 2.66. The van der Waals surface area contributed by atoms with Crippen LogP contribution in [0.2, 0.25) is 0 Å². The number of likely N-dealkylation sites (N-methyl/N-ethyl adjacent to an activating group) is 1. The molecular formula is C8H17N. The molecule has 1 atom stereocenters. The van der Waals surface area contributed by atoms with Gasteiger partial charge in [-0.15, -0.1) is 6.58 Å². The first-order valence-corrected chi connectivity index (χ1v) is 3.59. The van der Waals surface area contributed by atoms with E-state index >= 15 is 0 Å². The maximum atomic E-state index is 3.76. The fraction of sp³-hybridized carbons (Fsp3) is 0.750. The fourth-order valence-corrected chi connectivity index (χ4v) is 0.893. The normalized spacial score (nSPS) is 13.8. The Morgan fingerprint density at radius 3 is 2.22 bits per heavy atom. The van der Waals surface area contributed by atoms with Crippen molar-refractivity contribution < 1.29 is 0 Å². The smallest absolute Gasteiger partial charge is 0.0269 e. The molecule has 0 bridgehead atoms. The van der Waals surface area contributed by atoms with Gasteiger partial charge in [-0.1, -0.05) is 19.9 Å². The summed E-state index contributed by atoms with van der Waals surface area (Å²) in [6.45, 7) is 9.20. The first kappa shape index (κ1) is 8.70. The molecule has 1 nitrogen and oxygen atoms in total. The number of nitrogens with zero attached hydrogens (tertiary/aromatic N) is 1. The van der Waals surface area contributed by atoms with Crippen LogP contribution in [0.5, 0.6) is 0 Å². The van der Waals surface area contributed by atoms with Crippen LogP contribution in [-0.2, 0) is 0 Å². The van der Waals surface area contributed by atoms with E-state index in [1.54, 1.807) is 0 Å². The zero-order valence-corrected chi connectivity index (χ0v) is 6.72. The molecule has 0 aromatic heterocycles. The predicted octanol–water partition coefficient (Wildman–Crippen LogP) is 1.90. The van der Waals surface area contributed by atoms with Crippen LogP contribution < -0.4 is 0 Å². The molecule has 0 spiro atoms. The monoisotopic (exact) mass is 127 g/mol. The summed E-state index contributed by atoms with van der Waals surface area (Å²) in [5.74, 6) is 0. The van der Waals surface area contributed by atoms with E-state index in [0.717, 1.165) is 13.0 Å². The van der Waals surface area contributed by atoms with Crippen LogP contribution in [0.25, 0.3) is 0 Å². The molecule has 0 N–H and O–H groups in total. The number of hydrogen-bond donors (Lipinski definition) is 0. The Bertz CT molecular complexity index is 78.6. The van der Waals surface area contributed by atoms with Crippen molar-refractivity contribution >= 4 is 0 Å². The Morgan fingerprint density at radius 1 is 1.56 bits per heavy atom. The van der Waals surface area contributed by atoms with Crippen LogP contribution in [0.3, 0.4) is 0 Å². The molecule has 0 aliphatic carbocycles. The quantitative estimate of drug-likeness (QED) is 0.521. The van der Waals surface area contributed by atoms with E-state index < -0.39 is 0 Å². The Hall–Kier alpha value is -0.300. The largest absolute Gasteiger partial charge is 0.300 e. The van der Waals surface area contributed by atoms with Crippen molar-refractivity contribution in [1.82, 2.24) is 4.90 Å². The van der Waals surface area contributed by atoms with E-state index in [0.29, 0.717) is 6.04 Å². The zero-order chi connectivity index (χ0) is 7.28. The average Bonchev–Trinajstić information content (AvgIpc) is 1.90. The van der Waals surface area contributed by atoms with Gasteiger partial charge < -0.3 is 4.90 Å². The molecule has 0 saturated heterocycles. The van der Waals surface area contributed by atoms with Crippen LogP contribution in [0, 0.1) is 0 Å². The van der Waals surface area contributed by atoms with Crippen LogP contribution in [-0.4, -0.2) is 24.5 Å². The van der Waals surface area contributed by atoms with Gasteiger partial charge in [0, 0.05) is 6.04 Å². The van der Waals surface area contributed by atoms with Gasteiger partial charge in [0.2, 0.25) is 0 Å². The molecule has 0 heterocycles. The minimum absolute atomic E-state index is 0.565. The van der Waals surface area contributed by atoms with Crippen molar-refractivity contribution in [3.8, 4) is 0 Å². The summed E-state index contributed by atoms with van der Waals surface area (Å²) in [6, 6.07) is 0.565. The van der Waals surface area contributed by atoms with E-state index in [9.17, 15) is 0 Å². The summed E-state index contributed by atoms with van der Waals surface area (Å²) in [4.78, 5) is 2.28. The van der Waals surface area contributed by atoms with E-state index in [-0.39, 0.29) is 0 Å². The molecule has 0 rings (SSSR count). The lowest BCUT2D eigenvalue weighted by atomic mass is 10.2. The van der Waals surface area contributed by atoms with Gasteiger partial charge in [0.1, 0.15) is 0 Å². The molecule has 0 aromatic rings. The van der Waals surface area contributed by atoms with Gasteiger partial charge in [-0.2, -0.15) is 0 Å². The molecule has 0 radical (unpaired) electrons. The Labute approximate surface area is 58.4 Å². The molecule has 1 heteroatoms. The third-order valence-electron chi connectivity index (χ3n) is 1.76. The van der Waals surface area contributed by atoms with E-state index in [2.05, 4.69) is 32.4 Å². The Balaban J connectivity index is 3.63. The van der Waals surface area contributed by atoms with Crippen LogP contribution >= 0.6 is 0 Å². The second-order valence-corrected chi connectivity index (χ2v) is 2.28. The summed E-state index contributed by atoms with van der Waals surface area (Å²) >= 11 is 0. The molecule has 0 aliphatic rings. The molecular weight excluding hydrogens is 110 g/mol. The van der Waals surface area contributed by atoms with Gasteiger partial charge in [0.25, 0.3) is 0 Å². The topological polar surface area (TPSA) is 3.24 Å². The van der Waals surface area contributed by atoms with Gasteiger partial charge in [0.15, 0.2) is 0 Å². The highest BCUT2D eigenvalue weighted by Gasteiger charge is 2.03. The Morgan fingerprint density at radius 2 is 2.11 bits per heavy atom. The van der Waals surface area contributed by atoms with E-state index in [1.165, 1.54) is 0 Å². The van der Waals surface area contributed by atoms with E-state index in [4.69, 9.17) is 0 Å². The molecule has 0 amide bonds. The second kappa shape index (κ2) is 4.57. The average molecular weight is 127 g/mol. The van der Waals surface area contributed by atoms with Crippen molar-refractivity contribution in [2.45, 2.75) is 26.3 Å². The molecule has 9 heavy (non-hydrogen) atoms. The summed E-state index contributed by atoms with van der Waals surface area (Å²) < 4.78 is 0. The molecule has 0 aliphatic heterocycles. The molecule has 0 aromatic carbocycles. The first-order valence-electron chi connectivity index (χ1n) is 3.59. The van der Waals surface area contributed by atoms with E-state index in [1.807, 2.05) is 6.08 Å². The van der Waals surface area contributed by atoms with Gasteiger partial charge in [0.05, 0.1) is 0 Å². The van der Waals surface area contributed by atoms with Crippen molar-refractivity contribution in [2.75, 3.05) is 13.6 Å². The van der Waals surface area contributed by atoms with Crippen LogP contribution in [0.4, 0.5) is 0 Å². The van der Waals surface area contributed by atoms with Crippen molar-refractivity contribution in [2.24, 2.45) is 0 Å². The fourth-order valence-electron chi connectivity index (χ4n) is 0.893. The van der Waals surface area contributed by atoms with Crippen molar-refractivity contribution in [3.63, 3.8) is 0 Å². The zero-order valence-electron chi connectivity index (χ0n) is 6.72. The molecule has 1 unspecified atom stereocenters. The minimum Gasteiger partial charge on any atom is -0.300 e. The summed E-state index contributed by atoms with van der Waals surface area (Å²) in [6.07, 6.45) is 3.16. The lowest BCUT2D eigenvalue weighted by Crippen LogP contribution is -2.28. The van der Waals surface area contributed by atoms with Gasteiger partial charge in [-0.25, -0.2) is 0 Å². The standard InChI is InChI=1S/C8H17N/c1-5-8(6-2)9(4)7-3/h5,8H,1,6-7H2,2-4H3. The van der Waals surface area contributed by atoms with Gasteiger partial charge in [-0.05, 0) is 20.0 Å². The summed E-state index contributed by atoms with van der Waals surface area (Å²) in [7, 11) is 2.12. The number of hydrogen-bond acceptors (Lipinski definition) is 1. The predicted molar refractivity (Wildman–Crippen MR) is 42.6 cm³/mol. The molecule has 0 saturated carbocycles. The molecule has 0 fully saturated rings. The van der Waals surface area contributed by atoms with Gasteiger partial charge in [-0.3, -0.25) is 0 Å². The van der Waals surface area contributed by atoms with Crippen molar-refractivity contribution in [3.05, 3.63) is 12.7 Å². The second-order valence-electron chi connectivity index (χ2n) is 2.28. The van der Waals surface area contributed by atoms with Gasteiger partial charge >= 0.3 is 0 Å². The minimum atomic E-state index is 0.565. The summed E-state index contributed by atoms with van der Waals surface area (Å²) in [5.41, 5.74) is 0. The highest BCUT2D eigenvalue weighted by molar-refractivity contribution is 4.84. The SMILES string of the molecule is C=CC(CC)N(C)CC. The maximum Gasteiger partial charge on any atom is 0.0269 e. The highest BCUT2D eigenvalue weighted by Crippen LogP contribution is 2.00. The maximum absolute atomic E-state index is 3.76. The Kier molecular flexibility index (Phi) is 4.41. The third-order valence-corrected chi connectivity index (χ3v) is 1.76. The first-order chi connectivity index (χ1) is 4.26.